The molecule has 2 aromatic heterocycles. The van der Waals surface area contributed by atoms with Gasteiger partial charge in [0, 0.05) is 42.7 Å². The quantitative estimate of drug-likeness (QED) is 0.484. The molecule has 1 aromatic carbocycles. The lowest BCUT2D eigenvalue weighted by Crippen LogP contribution is -2.25. The number of anilines is 1. The second kappa shape index (κ2) is 7.55. The molecule has 1 aliphatic rings. The lowest BCUT2D eigenvalue weighted by Gasteiger charge is -2.15. The number of carbonyl (C=O) groups is 2. The maximum Gasteiger partial charge on any atom is 0.277 e. The molecule has 0 saturated carbocycles. The molecule has 0 fully saturated rings. The number of thioether (sulfide) groups is 1. The van der Waals surface area contributed by atoms with Gasteiger partial charge < -0.3 is 9.32 Å². The molecule has 3 heterocycles. The zero-order valence-electron chi connectivity index (χ0n) is 15.5. The molecule has 8 heteroatoms. The molecule has 28 heavy (non-hydrogen) atoms. The van der Waals surface area contributed by atoms with Crippen LogP contribution in [-0.2, 0) is 11.2 Å². The summed E-state index contributed by atoms with van der Waals surface area (Å²) >= 11 is 1.23. The number of pyridine rings is 1. The van der Waals surface area contributed by atoms with Crippen LogP contribution in [0.25, 0.3) is 11.5 Å². The Labute approximate surface area is 166 Å². The molecule has 1 amide bonds. The van der Waals surface area contributed by atoms with Crippen molar-refractivity contribution in [1.82, 2.24) is 15.2 Å². The molecule has 1 aliphatic heterocycles. The van der Waals surface area contributed by atoms with Gasteiger partial charge in [0.05, 0.1) is 5.25 Å². The Bertz CT molecular complexity index is 1030. The van der Waals surface area contributed by atoms with Crippen LogP contribution in [0.5, 0.6) is 0 Å². The summed E-state index contributed by atoms with van der Waals surface area (Å²) in [6.45, 7) is 4.03. The van der Waals surface area contributed by atoms with Gasteiger partial charge in [-0.15, -0.1) is 10.2 Å². The number of ketones is 1. The third-order valence-electron chi connectivity index (χ3n) is 4.62. The van der Waals surface area contributed by atoms with Crippen molar-refractivity contribution < 1.29 is 14.0 Å². The second-order valence-electron chi connectivity index (χ2n) is 6.50. The van der Waals surface area contributed by atoms with Gasteiger partial charge in [-0.2, -0.15) is 0 Å². The fourth-order valence-corrected chi connectivity index (χ4v) is 3.95. The Morgan fingerprint density at radius 3 is 2.71 bits per heavy atom. The molecule has 0 bridgehead atoms. The Kier molecular flexibility index (Phi) is 4.95. The van der Waals surface area contributed by atoms with Crippen LogP contribution in [-0.4, -0.2) is 38.7 Å². The van der Waals surface area contributed by atoms with E-state index in [1.54, 1.807) is 42.4 Å². The van der Waals surface area contributed by atoms with Crippen LogP contribution in [0.3, 0.4) is 0 Å². The summed E-state index contributed by atoms with van der Waals surface area (Å²) in [5.41, 5.74) is 3.32. The van der Waals surface area contributed by atoms with Crippen LogP contribution < -0.4 is 4.90 Å². The zero-order chi connectivity index (χ0) is 19.7. The normalized spacial score (nSPS) is 14.0. The van der Waals surface area contributed by atoms with E-state index in [0.717, 1.165) is 23.2 Å². The van der Waals surface area contributed by atoms with Crippen molar-refractivity contribution in [2.24, 2.45) is 0 Å². The molecular weight excluding hydrogens is 376 g/mol. The highest BCUT2D eigenvalue weighted by Crippen LogP contribution is 2.31. The van der Waals surface area contributed by atoms with Gasteiger partial charge in [0.2, 0.25) is 11.8 Å². The minimum atomic E-state index is -0.380. The van der Waals surface area contributed by atoms with Gasteiger partial charge in [0.15, 0.2) is 5.78 Å². The molecule has 1 unspecified atom stereocenters. The number of nitrogens with zero attached hydrogens (tertiary/aromatic N) is 4. The summed E-state index contributed by atoms with van der Waals surface area (Å²) in [4.78, 5) is 30.2. The molecule has 0 saturated heterocycles. The molecule has 0 radical (unpaired) electrons. The summed E-state index contributed by atoms with van der Waals surface area (Å²) in [7, 11) is 0. The predicted octanol–water partition coefficient (Wildman–Crippen LogP) is 3.40. The lowest BCUT2D eigenvalue weighted by atomic mass is 10.0. The number of rotatable bonds is 5. The Hall–Kier alpha value is -3.00. The first-order chi connectivity index (χ1) is 13.5. The highest BCUT2D eigenvalue weighted by atomic mass is 32.2. The van der Waals surface area contributed by atoms with Crippen molar-refractivity contribution in [3.05, 3.63) is 53.9 Å². The van der Waals surface area contributed by atoms with Gasteiger partial charge >= 0.3 is 0 Å². The van der Waals surface area contributed by atoms with Crippen molar-refractivity contribution in [3.63, 3.8) is 0 Å². The van der Waals surface area contributed by atoms with Crippen LogP contribution in [0, 0.1) is 0 Å². The van der Waals surface area contributed by atoms with E-state index in [1.807, 2.05) is 19.1 Å². The number of benzene rings is 1. The molecule has 4 rings (SSSR count). The van der Waals surface area contributed by atoms with Gasteiger partial charge in [0.1, 0.15) is 0 Å². The largest absolute Gasteiger partial charge is 0.411 e. The standard InChI is InChI=1S/C20H18N4O3S/c1-12(28-20-23-22-19(27-20)14-5-8-21-9-6-14)18(26)16-3-4-17-15(11-16)7-10-24(17)13(2)25/h3-6,8-9,11-12H,7,10H2,1-2H3. The summed E-state index contributed by atoms with van der Waals surface area (Å²) in [5.74, 6) is 0.396. The third kappa shape index (κ3) is 3.55. The van der Waals surface area contributed by atoms with E-state index in [0.29, 0.717) is 23.2 Å². The smallest absolute Gasteiger partial charge is 0.277 e. The highest BCUT2D eigenvalue weighted by molar-refractivity contribution is 8.00. The van der Waals surface area contributed by atoms with Crippen LogP contribution in [0.1, 0.15) is 29.8 Å². The van der Waals surface area contributed by atoms with E-state index in [-0.39, 0.29) is 16.9 Å². The van der Waals surface area contributed by atoms with Gasteiger partial charge in [-0.25, -0.2) is 0 Å². The van der Waals surface area contributed by atoms with E-state index >= 15 is 0 Å². The average molecular weight is 394 g/mol. The molecule has 1 atom stereocenters. The van der Waals surface area contributed by atoms with Crippen LogP contribution in [0.15, 0.2) is 52.4 Å². The number of hydrogen-bond donors (Lipinski definition) is 0. The number of amides is 1. The van der Waals surface area contributed by atoms with Crippen molar-refractivity contribution in [1.29, 1.82) is 0 Å². The van der Waals surface area contributed by atoms with Crippen LogP contribution in [0.4, 0.5) is 5.69 Å². The number of hydrogen-bond acceptors (Lipinski definition) is 7. The highest BCUT2D eigenvalue weighted by Gasteiger charge is 2.25. The third-order valence-corrected chi connectivity index (χ3v) is 5.55. The molecular formula is C20H18N4O3S. The van der Waals surface area contributed by atoms with E-state index in [1.165, 1.54) is 11.8 Å². The summed E-state index contributed by atoms with van der Waals surface area (Å²) < 4.78 is 5.66. The first kappa shape index (κ1) is 18.4. The van der Waals surface area contributed by atoms with Crippen molar-refractivity contribution in [3.8, 4) is 11.5 Å². The van der Waals surface area contributed by atoms with E-state index in [2.05, 4.69) is 15.2 Å². The summed E-state index contributed by atoms with van der Waals surface area (Å²) in [6.07, 6.45) is 4.07. The average Bonchev–Trinajstić information content (AvgIpc) is 3.34. The van der Waals surface area contributed by atoms with Crippen molar-refractivity contribution in [2.45, 2.75) is 30.7 Å². The van der Waals surface area contributed by atoms with Crippen LogP contribution >= 0.6 is 11.8 Å². The molecule has 7 nitrogen and oxygen atoms in total. The van der Waals surface area contributed by atoms with E-state index in [9.17, 15) is 9.59 Å². The summed E-state index contributed by atoms with van der Waals surface area (Å²) in [5, 5.41) is 8.02. The number of Topliss-reactive ketones (excluding diaryl/α,β-unsaturated/α-hetero) is 1. The van der Waals surface area contributed by atoms with Crippen molar-refractivity contribution >= 4 is 29.1 Å². The monoisotopic (exact) mass is 394 g/mol. The van der Waals surface area contributed by atoms with Gasteiger partial charge in [-0.3, -0.25) is 14.6 Å². The first-order valence-corrected chi connectivity index (χ1v) is 9.76. The SMILES string of the molecule is CC(=O)N1CCc2cc(C(=O)C(C)Sc3nnc(-c4ccncc4)o3)ccc21. The van der Waals surface area contributed by atoms with E-state index in [4.69, 9.17) is 4.42 Å². The zero-order valence-corrected chi connectivity index (χ0v) is 16.3. The minimum Gasteiger partial charge on any atom is -0.411 e. The van der Waals surface area contributed by atoms with Crippen LogP contribution in [0.2, 0.25) is 0 Å². The number of carbonyl (C=O) groups excluding carboxylic acids is 2. The molecule has 0 aliphatic carbocycles. The molecule has 0 N–H and O–H groups in total. The Morgan fingerprint density at radius 1 is 1.18 bits per heavy atom. The fraction of sp³-hybridized carbons (Fsp3) is 0.250. The summed E-state index contributed by atoms with van der Waals surface area (Å²) in [6, 6.07) is 9.07. The maximum absolute atomic E-state index is 12.8. The van der Waals surface area contributed by atoms with E-state index < -0.39 is 0 Å². The predicted molar refractivity (Wildman–Crippen MR) is 105 cm³/mol. The Balaban J connectivity index is 1.47. The van der Waals surface area contributed by atoms with Gasteiger partial charge in [-0.05, 0) is 49.2 Å². The second-order valence-corrected chi connectivity index (χ2v) is 7.79. The first-order valence-electron chi connectivity index (χ1n) is 8.89. The topological polar surface area (TPSA) is 89.2 Å². The minimum absolute atomic E-state index is 0.0160. The van der Waals surface area contributed by atoms with Gasteiger partial charge in [0.25, 0.3) is 5.22 Å². The fourth-order valence-electron chi connectivity index (χ4n) is 3.19. The number of fused-ring (bicyclic) bond motifs is 1. The van der Waals surface area contributed by atoms with Crippen molar-refractivity contribution in [2.75, 3.05) is 11.4 Å². The Morgan fingerprint density at radius 2 is 1.96 bits per heavy atom. The van der Waals surface area contributed by atoms with Gasteiger partial charge in [-0.1, -0.05) is 11.8 Å². The molecule has 142 valence electrons. The molecule has 3 aromatic rings. The maximum atomic E-state index is 12.8. The molecule has 0 spiro atoms. The number of aromatic nitrogens is 3. The lowest BCUT2D eigenvalue weighted by molar-refractivity contribution is -0.116.